The molecule has 1 aliphatic heterocycles. The maximum Gasteiger partial charge on any atom is 0.239 e. The fourth-order valence-corrected chi connectivity index (χ4v) is 3.25. The van der Waals surface area contributed by atoms with E-state index in [1.54, 1.807) is 61.6 Å². The van der Waals surface area contributed by atoms with Crippen molar-refractivity contribution in [2.75, 3.05) is 25.7 Å². The molecule has 2 aromatic rings. The van der Waals surface area contributed by atoms with E-state index in [1.807, 2.05) is 0 Å². The van der Waals surface area contributed by atoms with Crippen LogP contribution in [0.15, 0.2) is 42.5 Å². The summed E-state index contributed by atoms with van der Waals surface area (Å²) in [4.78, 5) is 26.8. The number of halogens is 1. The van der Waals surface area contributed by atoms with Gasteiger partial charge in [-0.05, 0) is 48.9 Å². The molecule has 2 aromatic carbocycles. The van der Waals surface area contributed by atoms with Gasteiger partial charge in [-0.25, -0.2) is 0 Å². The topological polar surface area (TPSA) is 67.9 Å². The highest BCUT2D eigenvalue weighted by molar-refractivity contribution is 6.30. The Morgan fingerprint density at radius 1 is 1.19 bits per heavy atom. The number of carbonyl (C=O) groups is 2. The van der Waals surface area contributed by atoms with E-state index in [4.69, 9.17) is 21.1 Å². The van der Waals surface area contributed by atoms with Crippen LogP contribution in [0.2, 0.25) is 5.02 Å². The molecule has 0 unspecified atom stereocenters. The van der Waals surface area contributed by atoms with Gasteiger partial charge in [-0.2, -0.15) is 0 Å². The van der Waals surface area contributed by atoms with Gasteiger partial charge >= 0.3 is 0 Å². The van der Waals surface area contributed by atoms with E-state index in [0.29, 0.717) is 29.5 Å². The molecule has 2 amide bonds. The second-order valence-corrected chi connectivity index (χ2v) is 6.64. The van der Waals surface area contributed by atoms with Crippen LogP contribution in [0.3, 0.4) is 0 Å². The van der Waals surface area contributed by atoms with Gasteiger partial charge in [0, 0.05) is 29.4 Å². The number of rotatable bonds is 6. The third-order valence-corrected chi connectivity index (χ3v) is 4.85. The summed E-state index contributed by atoms with van der Waals surface area (Å²) in [5.74, 6) is 0.133. The van der Waals surface area contributed by atoms with Gasteiger partial charge in [0.1, 0.15) is 17.4 Å². The summed E-state index contributed by atoms with van der Waals surface area (Å²) in [5.41, 5.74) is 1.53. The van der Waals surface area contributed by atoms with Crippen molar-refractivity contribution in [2.45, 2.75) is 13.0 Å². The molecule has 0 radical (unpaired) electrons. The molecule has 0 saturated carbocycles. The van der Waals surface area contributed by atoms with Crippen molar-refractivity contribution in [2.24, 2.45) is 5.92 Å². The SMILES string of the molecule is COc1ccc(OC)c(CNC(=O)[C@@H]2CCN(c3ccc(Cl)cc3)C2=O)c1. The van der Waals surface area contributed by atoms with Crippen molar-refractivity contribution in [1.82, 2.24) is 5.32 Å². The molecule has 1 atom stereocenters. The third-order valence-electron chi connectivity index (χ3n) is 4.60. The van der Waals surface area contributed by atoms with Crippen LogP contribution >= 0.6 is 11.6 Å². The van der Waals surface area contributed by atoms with Crippen molar-refractivity contribution in [3.8, 4) is 11.5 Å². The second kappa shape index (κ2) is 8.31. The minimum Gasteiger partial charge on any atom is -0.497 e. The zero-order valence-electron chi connectivity index (χ0n) is 15.2. The van der Waals surface area contributed by atoms with E-state index in [9.17, 15) is 9.59 Å². The van der Waals surface area contributed by atoms with Crippen LogP contribution in [-0.2, 0) is 16.1 Å². The number of carbonyl (C=O) groups excluding carboxylic acids is 2. The Bertz CT molecular complexity index is 838. The monoisotopic (exact) mass is 388 g/mol. The zero-order chi connectivity index (χ0) is 19.4. The molecule has 7 heteroatoms. The fourth-order valence-electron chi connectivity index (χ4n) is 3.13. The van der Waals surface area contributed by atoms with Crippen LogP contribution in [0.1, 0.15) is 12.0 Å². The van der Waals surface area contributed by atoms with Crippen LogP contribution in [0, 0.1) is 5.92 Å². The first-order chi connectivity index (χ1) is 13.0. The molecule has 1 saturated heterocycles. The highest BCUT2D eigenvalue weighted by Crippen LogP contribution is 2.27. The lowest BCUT2D eigenvalue weighted by Crippen LogP contribution is -2.36. The van der Waals surface area contributed by atoms with Crippen molar-refractivity contribution in [1.29, 1.82) is 0 Å². The number of nitrogens with zero attached hydrogens (tertiary/aromatic N) is 1. The molecule has 1 N–H and O–H groups in total. The number of hydrogen-bond donors (Lipinski definition) is 1. The van der Waals surface area contributed by atoms with Gasteiger partial charge in [-0.15, -0.1) is 0 Å². The summed E-state index contributed by atoms with van der Waals surface area (Å²) in [6.45, 7) is 0.755. The zero-order valence-corrected chi connectivity index (χ0v) is 16.0. The molecule has 0 spiro atoms. The molecule has 1 heterocycles. The first-order valence-electron chi connectivity index (χ1n) is 8.59. The normalized spacial score (nSPS) is 16.3. The Morgan fingerprint density at radius 3 is 2.59 bits per heavy atom. The van der Waals surface area contributed by atoms with E-state index in [0.717, 1.165) is 11.3 Å². The summed E-state index contributed by atoms with van der Waals surface area (Å²) < 4.78 is 10.5. The Morgan fingerprint density at radius 2 is 1.93 bits per heavy atom. The van der Waals surface area contributed by atoms with Gasteiger partial charge in [0.25, 0.3) is 0 Å². The molecule has 0 aliphatic carbocycles. The quantitative estimate of drug-likeness (QED) is 0.772. The van der Waals surface area contributed by atoms with Gasteiger partial charge in [-0.3, -0.25) is 9.59 Å². The predicted molar refractivity (Wildman–Crippen MR) is 103 cm³/mol. The minimum atomic E-state index is -0.697. The lowest BCUT2D eigenvalue weighted by atomic mass is 10.1. The van der Waals surface area contributed by atoms with E-state index in [1.165, 1.54) is 0 Å². The van der Waals surface area contributed by atoms with Gasteiger partial charge in [-0.1, -0.05) is 11.6 Å². The maximum atomic E-state index is 12.7. The molecular formula is C20H21ClN2O4. The highest BCUT2D eigenvalue weighted by atomic mass is 35.5. The molecule has 0 bridgehead atoms. The first-order valence-corrected chi connectivity index (χ1v) is 8.97. The maximum absolute atomic E-state index is 12.7. The summed E-state index contributed by atoms with van der Waals surface area (Å²) >= 11 is 5.89. The Hall–Kier alpha value is -2.73. The standard InChI is InChI=1S/C20H21ClN2O4/c1-26-16-7-8-18(27-2)13(11-16)12-22-19(24)17-9-10-23(20(17)25)15-5-3-14(21)4-6-15/h3-8,11,17H,9-10,12H2,1-2H3,(H,22,24)/t17-/m0/s1. The Kier molecular flexibility index (Phi) is 5.86. The largest absolute Gasteiger partial charge is 0.497 e. The van der Waals surface area contributed by atoms with Gasteiger partial charge < -0.3 is 19.7 Å². The minimum absolute atomic E-state index is 0.201. The number of ether oxygens (including phenoxy) is 2. The van der Waals surface area contributed by atoms with Gasteiger partial charge in [0.15, 0.2) is 0 Å². The van der Waals surface area contributed by atoms with E-state index in [-0.39, 0.29) is 18.4 Å². The summed E-state index contributed by atoms with van der Waals surface area (Å²) in [5, 5.41) is 3.44. The molecule has 3 rings (SSSR count). The number of amides is 2. The Balaban J connectivity index is 1.65. The van der Waals surface area contributed by atoms with Crippen LogP contribution in [0.4, 0.5) is 5.69 Å². The van der Waals surface area contributed by atoms with Crippen molar-refractivity contribution < 1.29 is 19.1 Å². The smallest absolute Gasteiger partial charge is 0.239 e. The number of anilines is 1. The van der Waals surface area contributed by atoms with Crippen molar-refractivity contribution >= 4 is 29.1 Å². The number of hydrogen-bond acceptors (Lipinski definition) is 4. The lowest BCUT2D eigenvalue weighted by Gasteiger charge is -2.17. The molecule has 1 aliphatic rings. The third kappa shape index (κ3) is 4.17. The fraction of sp³-hybridized carbons (Fsp3) is 0.300. The first kappa shape index (κ1) is 19.0. The second-order valence-electron chi connectivity index (χ2n) is 6.20. The molecular weight excluding hydrogens is 368 g/mol. The van der Waals surface area contributed by atoms with E-state index >= 15 is 0 Å². The highest BCUT2D eigenvalue weighted by Gasteiger charge is 2.37. The average Bonchev–Trinajstić information content (AvgIpc) is 3.08. The average molecular weight is 389 g/mol. The lowest BCUT2D eigenvalue weighted by molar-refractivity contribution is -0.132. The van der Waals surface area contributed by atoms with E-state index < -0.39 is 5.92 Å². The predicted octanol–water partition coefficient (Wildman–Crippen LogP) is 3.03. The van der Waals surface area contributed by atoms with E-state index in [2.05, 4.69) is 5.32 Å². The van der Waals surface area contributed by atoms with Crippen LogP contribution < -0.4 is 19.7 Å². The van der Waals surface area contributed by atoms with Gasteiger partial charge in [0.2, 0.25) is 11.8 Å². The molecule has 142 valence electrons. The van der Waals surface area contributed by atoms with Crippen molar-refractivity contribution in [3.63, 3.8) is 0 Å². The number of methoxy groups -OCH3 is 2. The summed E-state index contributed by atoms with van der Waals surface area (Å²) in [6.07, 6.45) is 0.475. The number of nitrogens with one attached hydrogen (secondary N) is 1. The summed E-state index contributed by atoms with van der Waals surface area (Å²) in [6, 6.07) is 12.4. The van der Waals surface area contributed by atoms with Gasteiger partial charge in [0.05, 0.1) is 14.2 Å². The van der Waals surface area contributed by atoms with Crippen molar-refractivity contribution in [3.05, 3.63) is 53.1 Å². The van der Waals surface area contributed by atoms with Crippen LogP contribution in [0.25, 0.3) is 0 Å². The summed E-state index contributed by atoms with van der Waals surface area (Å²) in [7, 11) is 3.14. The molecule has 0 aromatic heterocycles. The Labute approximate surface area is 163 Å². The molecule has 1 fully saturated rings. The van der Waals surface area contributed by atoms with Crippen LogP contribution in [-0.4, -0.2) is 32.6 Å². The molecule has 6 nitrogen and oxygen atoms in total. The van der Waals surface area contributed by atoms with Crippen LogP contribution in [0.5, 0.6) is 11.5 Å². The molecule has 27 heavy (non-hydrogen) atoms. The number of benzene rings is 2.